The summed E-state index contributed by atoms with van der Waals surface area (Å²) < 4.78 is 19.9. The maximum absolute atomic E-state index is 14.0. The van der Waals surface area contributed by atoms with Crippen molar-refractivity contribution in [2.24, 2.45) is 11.1 Å². The average Bonchev–Trinajstić information content (AvgIpc) is 2.99. The number of hydrogen-bond acceptors (Lipinski definition) is 3. The molecule has 104 valence electrons. The van der Waals surface area contributed by atoms with Crippen LogP contribution in [0.2, 0.25) is 0 Å². The fraction of sp³-hybridized carbons (Fsp3) is 0.600. The Morgan fingerprint density at radius 1 is 1.47 bits per heavy atom. The van der Waals surface area contributed by atoms with Gasteiger partial charge in [0.05, 0.1) is 17.8 Å². The van der Waals surface area contributed by atoms with Crippen molar-refractivity contribution >= 4 is 0 Å². The Kier molecular flexibility index (Phi) is 2.93. The number of rotatable bonds is 3. The topological polar surface area (TPSA) is 55.5 Å². The lowest BCUT2D eigenvalue weighted by atomic mass is 9.61. The highest BCUT2D eigenvalue weighted by atomic mass is 19.1. The molecule has 0 saturated carbocycles. The van der Waals surface area contributed by atoms with Gasteiger partial charge in [-0.1, -0.05) is 18.2 Å². The first kappa shape index (κ1) is 13.0. The van der Waals surface area contributed by atoms with Crippen LogP contribution in [0.4, 0.5) is 4.39 Å². The van der Waals surface area contributed by atoms with Gasteiger partial charge in [0.1, 0.15) is 5.82 Å². The zero-order valence-electron chi connectivity index (χ0n) is 11.1. The Balaban J connectivity index is 2.06. The first-order chi connectivity index (χ1) is 9.01. The number of aliphatic hydroxyl groups is 1. The van der Waals surface area contributed by atoms with Crippen LogP contribution in [-0.4, -0.2) is 23.9 Å². The van der Waals surface area contributed by atoms with Crippen LogP contribution in [0, 0.1) is 11.2 Å². The predicted molar refractivity (Wildman–Crippen MR) is 70.0 cm³/mol. The van der Waals surface area contributed by atoms with E-state index in [4.69, 9.17) is 10.5 Å². The van der Waals surface area contributed by atoms with E-state index < -0.39 is 11.0 Å². The van der Waals surface area contributed by atoms with Crippen LogP contribution in [-0.2, 0) is 10.3 Å². The lowest BCUT2D eigenvalue weighted by Crippen LogP contribution is -2.54. The van der Waals surface area contributed by atoms with E-state index in [9.17, 15) is 9.50 Å². The molecule has 0 radical (unpaired) electrons. The van der Waals surface area contributed by atoms with E-state index in [1.807, 2.05) is 0 Å². The fourth-order valence-corrected chi connectivity index (χ4v) is 3.85. The molecule has 0 aliphatic carbocycles. The van der Waals surface area contributed by atoms with Crippen LogP contribution in [0.15, 0.2) is 24.3 Å². The Labute approximate surface area is 112 Å². The second-order valence-electron chi connectivity index (χ2n) is 5.94. The van der Waals surface area contributed by atoms with Gasteiger partial charge in [0.15, 0.2) is 0 Å². The Morgan fingerprint density at radius 2 is 2.21 bits per heavy atom. The number of benzene rings is 1. The molecule has 2 aliphatic rings. The van der Waals surface area contributed by atoms with E-state index in [0.717, 1.165) is 12.8 Å². The molecule has 3 rings (SSSR count). The summed E-state index contributed by atoms with van der Waals surface area (Å²) in [4.78, 5) is 0. The lowest BCUT2D eigenvalue weighted by Gasteiger charge is -2.46. The molecule has 1 aromatic rings. The van der Waals surface area contributed by atoms with Gasteiger partial charge in [0, 0.05) is 17.5 Å². The van der Waals surface area contributed by atoms with Gasteiger partial charge in [-0.25, -0.2) is 4.39 Å². The molecule has 0 amide bonds. The second kappa shape index (κ2) is 4.27. The molecular formula is C15H20FNO2. The largest absolute Gasteiger partial charge is 0.385 e. The summed E-state index contributed by atoms with van der Waals surface area (Å²) >= 11 is 0. The van der Waals surface area contributed by atoms with Gasteiger partial charge in [-0.3, -0.25) is 0 Å². The molecule has 0 aromatic heterocycles. The Bertz CT molecular complexity index is 491. The highest BCUT2D eigenvalue weighted by Gasteiger charge is 2.61. The first-order valence-electron chi connectivity index (χ1n) is 6.84. The third-order valence-electron chi connectivity index (χ3n) is 5.05. The molecule has 1 aromatic carbocycles. The smallest absolute Gasteiger partial charge is 0.129 e. The Morgan fingerprint density at radius 3 is 2.74 bits per heavy atom. The summed E-state index contributed by atoms with van der Waals surface area (Å²) in [7, 11) is 0. The molecule has 2 bridgehead atoms. The van der Waals surface area contributed by atoms with E-state index in [1.165, 1.54) is 6.07 Å². The molecule has 3 N–H and O–H groups in total. The summed E-state index contributed by atoms with van der Waals surface area (Å²) in [5.74, 6) is -0.386. The van der Waals surface area contributed by atoms with Gasteiger partial charge in [0.25, 0.3) is 0 Å². The maximum Gasteiger partial charge on any atom is 0.129 e. The number of nitrogens with two attached hydrogens (primary N) is 1. The van der Waals surface area contributed by atoms with E-state index in [-0.39, 0.29) is 18.0 Å². The van der Waals surface area contributed by atoms with Crippen molar-refractivity contribution in [3.05, 3.63) is 35.6 Å². The van der Waals surface area contributed by atoms with Crippen LogP contribution >= 0.6 is 0 Å². The molecule has 0 spiro atoms. The van der Waals surface area contributed by atoms with E-state index in [0.29, 0.717) is 18.5 Å². The van der Waals surface area contributed by atoms with Crippen molar-refractivity contribution in [2.75, 3.05) is 6.54 Å². The SMILES string of the molecule is CC(O)(c1ccccc1F)C1(CN)CC2CCC1O2. The van der Waals surface area contributed by atoms with Gasteiger partial charge in [-0.05, 0) is 32.3 Å². The third kappa shape index (κ3) is 1.67. The number of hydrogen-bond donors (Lipinski definition) is 2. The monoisotopic (exact) mass is 265 g/mol. The summed E-state index contributed by atoms with van der Waals surface area (Å²) in [6.07, 6.45) is 2.70. The van der Waals surface area contributed by atoms with Crippen molar-refractivity contribution < 1.29 is 14.2 Å². The molecule has 2 fully saturated rings. The standard InChI is InChI=1S/C15H20FNO2/c1-14(18,11-4-2-3-5-12(11)16)15(9-17)8-10-6-7-13(15)19-10/h2-5,10,13,18H,6-9,17H2,1H3. The quantitative estimate of drug-likeness (QED) is 0.878. The van der Waals surface area contributed by atoms with E-state index in [1.54, 1.807) is 25.1 Å². The highest BCUT2D eigenvalue weighted by molar-refractivity contribution is 5.29. The van der Waals surface area contributed by atoms with Gasteiger partial charge in [-0.2, -0.15) is 0 Å². The number of halogens is 1. The Hall–Kier alpha value is -0.970. The molecule has 4 atom stereocenters. The molecule has 4 heteroatoms. The zero-order chi connectivity index (χ0) is 13.7. The van der Waals surface area contributed by atoms with Crippen molar-refractivity contribution in [2.45, 2.75) is 44.0 Å². The van der Waals surface area contributed by atoms with E-state index >= 15 is 0 Å². The van der Waals surface area contributed by atoms with Crippen LogP contribution in [0.25, 0.3) is 0 Å². The minimum Gasteiger partial charge on any atom is -0.385 e. The predicted octanol–water partition coefficient (Wildman–Crippen LogP) is 1.93. The fourth-order valence-electron chi connectivity index (χ4n) is 3.85. The maximum atomic E-state index is 14.0. The van der Waals surface area contributed by atoms with E-state index in [2.05, 4.69) is 0 Å². The van der Waals surface area contributed by atoms with Gasteiger partial charge in [-0.15, -0.1) is 0 Å². The first-order valence-corrected chi connectivity index (χ1v) is 6.84. The lowest BCUT2D eigenvalue weighted by molar-refractivity contribution is -0.107. The van der Waals surface area contributed by atoms with Crippen LogP contribution in [0.5, 0.6) is 0 Å². The van der Waals surface area contributed by atoms with Gasteiger partial charge >= 0.3 is 0 Å². The molecule has 4 unspecified atom stereocenters. The van der Waals surface area contributed by atoms with Crippen LogP contribution in [0.1, 0.15) is 31.7 Å². The van der Waals surface area contributed by atoms with Crippen LogP contribution in [0.3, 0.4) is 0 Å². The highest BCUT2D eigenvalue weighted by Crippen LogP contribution is 2.56. The summed E-state index contributed by atoms with van der Waals surface area (Å²) in [5.41, 5.74) is 4.38. The third-order valence-corrected chi connectivity index (χ3v) is 5.05. The average molecular weight is 265 g/mol. The van der Waals surface area contributed by atoms with Crippen molar-refractivity contribution in [1.82, 2.24) is 0 Å². The minimum atomic E-state index is -1.31. The van der Waals surface area contributed by atoms with Crippen molar-refractivity contribution in [3.8, 4) is 0 Å². The molecule has 19 heavy (non-hydrogen) atoms. The molecular weight excluding hydrogens is 245 g/mol. The zero-order valence-corrected chi connectivity index (χ0v) is 11.1. The molecule has 3 nitrogen and oxygen atoms in total. The molecule has 2 heterocycles. The minimum absolute atomic E-state index is 0.0721. The number of fused-ring (bicyclic) bond motifs is 2. The normalized spacial score (nSPS) is 36.4. The van der Waals surface area contributed by atoms with Crippen molar-refractivity contribution in [3.63, 3.8) is 0 Å². The molecule has 2 aliphatic heterocycles. The second-order valence-corrected chi connectivity index (χ2v) is 5.94. The van der Waals surface area contributed by atoms with Crippen LogP contribution < -0.4 is 5.73 Å². The number of ether oxygens (including phenoxy) is 1. The van der Waals surface area contributed by atoms with Gasteiger partial charge < -0.3 is 15.6 Å². The van der Waals surface area contributed by atoms with Crippen molar-refractivity contribution in [1.29, 1.82) is 0 Å². The summed E-state index contributed by atoms with van der Waals surface area (Å²) in [5, 5.41) is 11.0. The van der Waals surface area contributed by atoms with Gasteiger partial charge in [0.2, 0.25) is 0 Å². The molecule has 2 saturated heterocycles. The summed E-state index contributed by atoms with van der Waals surface area (Å²) in [6.45, 7) is 1.97. The summed E-state index contributed by atoms with van der Waals surface area (Å²) in [6, 6.07) is 6.38.